The van der Waals surface area contributed by atoms with Crippen LogP contribution in [0.15, 0.2) is 42.5 Å². The summed E-state index contributed by atoms with van der Waals surface area (Å²) in [6.45, 7) is 15.2. The fourth-order valence-electron chi connectivity index (χ4n) is 7.69. The van der Waals surface area contributed by atoms with E-state index in [0.717, 1.165) is 31.2 Å². The van der Waals surface area contributed by atoms with Crippen LogP contribution in [0.4, 0.5) is 0 Å². The molecule has 2 aliphatic heterocycles. The molecule has 5 unspecified atom stereocenters. The Balaban J connectivity index is 1.49. The zero-order valence-corrected chi connectivity index (χ0v) is 27.4. The van der Waals surface area contributed by atoms with Crippen LogP contribution in [0.25, 0.3) is 10.8 Å². The number of fused-ring (bicyclic) bond motifs is 2. The first kappa shape index (κ1) is 30.5. The number of rotatable bonds is 9. The second-order valence-corrected chi connectivity index (χ2v) is 19.3. The molecule has 0 amide bonds. The summed E-state index contributed by atoms with van der Waals surface area (Å²) in [5.41, 5.74) is 2.40. The van der Waals surface area contributed by atoms with Crippen LogP contribution in [0.1, 0.15) is 79.2 Å². The van der Waals surface area contributed by atoms with Crippen molar-refractivity contribution in [2.45, 2.75) is 133 Å². The smallest absolute Gasteiger partial charge is 0.201 e. The lowest BCUT2D eigenvalue weighted by Crippen LogP contribution is -2.68. The predicted octanol–water partition coefficient (Wildman–Crippen LogP) is 8.45. The summed E-state index contributed by atoms with van der Waals surface area (Å²) in [6, 6.07) is 15.1. The van der Waals surface area contributed by atoms with E-state index in [4.69, 9.17) is 23.4 Å². The summed E-state index contributed by atoms with van der Waals surface area (Å²) in [4.78, 5) is 0. The second-order valence-electron chi connectivity index (χ2n) is 13.0. The first-order chi connectivity index (χ1) is 19.2. The Hall–Kier alpha value is -0.933. The molecule has 0 N–H and O–H groups in total. The van der Waals surface area contributed by atoms with E-state index in [-0.39, 0.29) is 29.9 Å². The number of benzene rings is 2. The highest BCUT2D eigenvalue weighted by atomic mass is 32.2. The molecule has 2 heterocycles. The highest BCUT2D eigenvalue weighted by molar-refractivity contribution is 7.99. The Morgan fingerprint density at radius 1 is 0.900 bits per heavy atom. The minimum absolute atomic E-state index is 0.155. The average Bonchev–Trinajstić information content (AvgIpc) is 2.94. The van der Waals surface area contributed by atoms with Crippen molar-refractivity contribution in [2.75, 3.05) is 12.9 Å². The van der Waals surface area contributed by atoms with Crippen LogP contribution < -0.4 is 0 Å². The summed E-state index contributed by atoms with van der Waals surface area (Å²) in [7, 11) is -2.25. The molecule has 5 rings (SSSR count). The summed E-state index contributed by atoms with van der Waals surface area (Å²) < 4.78 is 34.6. The normalized spacial score (nSPS) is 29.0. The Bertz CT molecular complexity index is 1100. The van der Waals surface area contributed by atoms with Gasteiger partial charge in [0.05, 0.1) is 13.2 Å². The van der Waals surface area contributed by atoms with Crippen molar-refractivity contribution in [2.24, 2.45) is 0 Å². The van der Waals surface area contributed by atoms with Crippen LogP contribution in [0.3, 0.4) is 0 Å². The zero-order valence-electron chi connectivity index (χ0n) is 25.6. The number of hydrogen-bond acceptors (Lipinski definition) is 6. The third-order valence-electron chi connectivity index (χ3n) is 9.60. The largest absolute Gasteiger partial charge is 0.408 e. The summed E-state index contributed by atoms with van der Waals surface area (Å²) in [5, 5.41) is 2.48. The first-order valence-electron chi connectivity index (χ1n) is 15.5. The van der Waals surface area contributed by atoms with Gasteiger partial charge in [0, 0.05) is 12.8 Å². The summed E-state index contributed by atoms with van der Waals surface area (Å²) in [6.07, 6.45) is 6.70. The van der Waals surface area contributed by atoms with E-state index in [0.29, 0.717) is 29.8 Å². The van der Waals surface area contributed by atoms with Gasteiger partial charge in [-0.25, -0.2) is 0 Å². The highest BCUT2D eigenvalue weighted by Crippen LogP contribution is 2.48. The molecule has 2 aromatic rings. The topological polar surface area (TPSA) is 46.2 Å². The summed E-state index contributed by atoms with van der Waals surface area (Å²) >= 11 is 1.71. The van der Waals surface area contributed by atoms with E-state index >= 15 is 0 Å². The van der Waals surface area contributed by atoms with Crippen molar-refractivity contribution in [3.63, 3.8) is 0 Å². The van der Waals surface area contributed by atoms with E-state index in [1.165, 1.54) is 17.2 Å². The molecular weight excluding hydrogens is 537 g/mol. The second kappa shape index (κ2) is 12.7. The molecule has 40 heavy (non-hydrogen) atoms. The van der Waals surface area contributed by atoms with Crippen molar-refractivity contribution in [1.82, 2.24) is 0 Å². The minimum Gasteiger partial charge on any atom is -0.408 e. The van der Waals surface area contributed by atoms with Crippen molar-refractivity contribution >= 4 is 30.9 Å². The molecule has 5 nitrogen and oxygen atoms in total. The maximum atomic E-state index is 7.61. The van der Waals surface area contributed by atoms with E-state index in [1.54, 1.807) is 11.8 Å². The Kier molecular flexibility index (Phi) is 9.72. The minimum atomic E-state index is -2.25. The van der Waals surface area contributed by atoms with Gasteiger partial charge in [-0.3, -0.25) is 0 Å². The highest BCUT2D eigenvalue weighted by Gasteiger charge is 2.58. The number of thioether (sulfide) groups is 1. The molecule has 0 aromatic heterocycles. The zero-order chi connectivity index (χ0) is 28.5. The molecule has 1 saturated carbocycles. The molecule has 2 saturated heterocycles. The van der Waals surface area contributed by atoms with E-state index in [2.05, 4.69) is 90.3 Å². The van der Waals surface area contributed by atoms with Crippen LogP contribution in [0.5, 0.6) is 0 Å². The van der Waals surface area contributed by atoms with Gasteiger partial charge in [-0.15, -0.1) is 11.8 Å². The lowest BCUT2D eigenvalue weighted by Gasteiger charge is -2.56. The lowest BCUT2D eigenvalue weighted by atomic mass is 9.91. The summed E-state index contributed by atoms with van der Waals surface area (Å²) in [5.74, 6) is -0.517. The third-order valence-corrected chi connectivity index (χ3v) is 16.5. The maximum Gasteiger partial charge on any atom is 0.201 e. The van der Waals surface area contributed by atoms with E-state index in [1.807, 2.05) is 0 Å². The van der Waals surface area contributed by atoms with Gasteiger partial charge in [0.25, 0.3) is 0 Å². The molecule has 222 valence electrons. The van der Waals surface area contributed by atoms with Gasteiger partial charge in [-0.05, 0) is 58.1 Å². The van der Waals surface area contributed by atoms with Crippen molar-refractivity contribution in [3.05, 3.63) is 48.0 Å². The molecule has 7 heteroatoms. The molecule has 3 aliphatic rings. The monoisotopic (exact) mass is 586 g/mol. The van der Waals surface area contributed by atoms with Crippen molar-refractivity contribution < 1.29 is 23.4 Å². The SMILES string of the molecule is CSC1OC2COC3(CCCCC3)OC2C(O[Si](C(C)C)(C(C)C)C(C)C)C1OCc1ccc2ccccc2c1. The van der Waals surface area contributed by atoms with Gasteiger partial charge in [0.2, 0.25) is 8.32 Å². The van der Waals surface area contributed by atoms with Gasteiger partial charge >= 0.3 is 0 Å². The van der Waals surface area contributed by atoms with Crippen LogP contribution >= 0.6 is 11.8 Å². The van der Waals surface area contributed by atoms with Crippen molar-refractivity contribution in [1.29, 1.82) is 0 Å². The number of ether oxygens (including phenoxy) is 4. The van der Waals surface area contributed by atoms with Crippen LogP contribution in [0.2, 0.25) is 16.6 Å². The fourth-order valence-corrected chi connectivity index (χ4v) is 14.0. The van der Waals surface area contributed by atoms with Crippen LogP contribution in [0, 0.1) is 0 Å². The number of hydrogen-bond donors (Lipinski definition) is 0. The van der Waals surface area contributed by atoms with Gasteiger partial charge in [0.1, 0.15) is 29.9 Å². The van der Waals surface area contributed by atoms with Gasteiger partial charge in [-0.1, -0.05) is 84.4 Å². The Labute approximate surface area is 247 Å². The first-order valence-corrected chi connectivity index (χ1v) is 18.9. The van der Waals surface area contributed by atoms with Gasteiger partial charge in [0.15, 0.2) is 5.79 Å². The van der Waals surface area contributed by atoms with Crippen LogP contribution in [-0.4, -0.2) is 56.8 Å². The standard InChI is InChI=1S/C33H50O5SSi/c1-22(2)40(23(3)4,24(5)6)38-30-29-28(21-35-33(37-29)17-11-8-12-18-33)36-32(39-7)31(30)34-20-25-15-16-26-13-9-10-14-27(26)19-25/h9-10,13-16,19,22-24,28-32H,8,11-12,17-18,20-21H2,1-7H3. The Morgan fingerprint density at radius 2 is 1.57 bits per heavy atom. The van der Waals surface area contributed by atoms with E-state index < -0.39 is 14.1 Å². The molecule has 2 aromatic carbocycles. The molecule has 0 bridgehead atoms. The van der Waals surface area contributed by atoms with Gasteiger partial charge in [-0.2, -0.15) is 0 Å². The molecule has 5 atom stereocenters. The molecule has 3 fully saturated rings. The molecule has 1 spiro atoms. The average molecular weight is 587 g/mol. The maximum absolute atomic E-state index is 7.61. The third kappa shape index (κ3) is 5.94. The van der Waals surface area contributed by atoms with E-state index in [9.17, 15) is 0 Å². The molecule has 1 aliphatic carbocycles. The molecular formula is C33H50O5SSi. The van der Waals surface area contributed by atoms with Crippen LogP contribution in [-0.2, 0) is 30.0 Å². The Morgan fingerprint density at radius 3 is 2.23 bits per heavy atom. The van der Waals surface area contributed by atoms with Gasteiger partial charge < -0.3 is 23.4 Å². The lowest BCUT2D eigenvalue weighted by molar-refractivity contribution is -0.370. The molecule has 0 radical (unpaired) electrons. The quantitative estimate of drug-likeness (QED) is 0.275. The fraction of sp³-hybridized carbons (Fsp3) is 0.697. The predicted molar refractivity (Wildman–Crippen MR) is 167 cm³/mol. The van der Waals surface area contributed by atoms with Crippen molar-refractivity contribution in [3.8, 4) is 0 Å².